The van der Waals surface area contributed by atoms with Gasteiger partial charge in [-0.3, -0.25) is 4.79 Å². The SMILES string of the molecule is NC(CO)C(=O)NCc1cccc2ccccc12. The first-order valence-electron chi connectivity index (χ1n) is 5.83. The van der Waals surface area contributed by atoms with Gasteiger partial charge in [-0.2, -0.15) is 0 Å². The highest BCUT2D eigenvalue weighted by molar-refractivity contribution is 5.86. The molecule has 2 aromatic carbocycles. The molecule has 4 N–H and O–H groups in total. The van der Waals surface area contributed by atoms with Crippen LogP contribution in [0.5, 0.6) is 0 Å². The maximum atomic E-state index is 11.5. The third-order valence-electron chi connectivity index (χ3n) is 2.87. The zero-order valence-corrected chi connectivity index (χ0v) is 9.97. The van der Waals surface area contributed by atoms with Crippen LogP contribution >= 0.6 is 0 Å². The standard InChI is InChI=1S/C14H16N2O2/c15-13(9-17)14(18)16-8-11-6-3-5-10-4-1-2-7-12(10)11/h1-7,13,17H,8-9,15H2,(H,16,18). The number of carbonyl (C=O) groups is 1. The normalized spacial score (nSPS) is 12.3. The van der Waals surface area contributed by atoms with E-state index in [9.17, 15) is 4.79 Å². The summed E-state index contributed by atoms with van der Waals surface area (Å²) in [4.78, 5) is 11.5. The van der Waals surface area contributed by atoms with Crippen LogP contribution in [0.4, 0.5) is 0 Å². The zero-order chi connectivity index (χ0) is 13.0. The molecular formula is C14H16N2O2. The molecule has 0 saturated carbocycles. The Balaban J connectivity index is 2.15. The molecule has 0 aliphatic rings. The molecule has 4 nitrogen and oxygen atoms in total. The van der Waals surface area contributed by atoms with E-state index in [1.807, 2.05) is 42.5 Å². The van der Waals surface area contributed by atoms with Gasteiger partial charge in [-0.05, 0) is 16.3 Å². The van der Waals surface area contributed by atoms with E-state index in [1.165, 1.54) is 0 Å². The molecule has 1 amide bonds. The molecule has 0 aromatic heterocycles. The fraction of sp³-hybridized carbons (Fsp3) is 0.214. The lowest BCUT2D eigenvalue weighted by molar-refractivity contribution is -0.123. The third-order valence-corrected chi connectivity index (χ3v) is 2.87. The number of hydrogen-bond acceptors (Lipinski definition) is 3. The van der Waals surface area contributed by atoms with Gasteiger partial charge in [0.15, 0.2) is 0 Å². The molecule has 94 valence electrons. The molecule has 1 atom stereocenters. The summed E-state index contributed by atoms with van der Waals surface area (Å²) in [6, 6.07) is 13.1. The van der Waals surface area contributed by atoms with Gasteiger partial charge in [0, 0.05) is 6.54 Å². The average molecular weight is 244 g/mol. The molecule has 0 radical (unpaired) electrons. The summed E-state index contributed by atoms with van der Waals surface area (Å²) in [6.45, 7) is 0.0647. The Morgan fingerprint density at radius 3 is 2.72 bits per heavy atom. The second-order valence-corrected chi connectivity index (χ2v) is 4.15. The number of benzene rings is 2. The Hall–Kier alpha value is -1.91. The van der Waals surface area contributed by atoms with Crippen LogP contribution in [0.2, 0.25) is 0 Å². The summed E-state index contributed by atoms with van der Waals surface area (Å²) in [5.41, 5.74) is 6.47. The van der Waals surface area contributed by atoms with Crippen molar-refractivity contribution in [1.29, 1.82) is 0 Å². The molecule has 2 aromatic rings. The Morgan fingerprint density at radius 2 is 1.94 bits per heavy atom. The first-order valence-corrected chi connectivity index (χ1v) is 5.83. The average Bonchev–Trinajstić information content (AvgIpc) is 2.43. The number of carbonyl (C=O) groups excluding carboxylic acids is 1. The van der Waals surface area contributed by atoms with Gasteiger partial charge in [-0.1, -0.05) is 42.5 Å². The van der Waals surface area contributed by atoms with Crippen LogP contribution in [-0.4, -0.2) is 23.7 Å². The minimum absolute atomic E-state index is 0.342. The van der Waals surface area contributed by atoms with Gasteiger partial charge in [0.05, 0.1) is 6.61 Å². The molecule has 0 bridgehead atoms. The van der Waals surface area contributed by atoms with Crippen LogP contribution in [0.15, 0.2) is 42.5 Å². The molecule has 1 unspecified atom stereocenters. The fourth-order valence-electron chi connectivity index (χ4n) is 1.84. The number of rotatable bonds is 4. The van der Waals surface area contributed by atoms with E-state index in [0.29, 0.717) is 6.54 Å². The quantitative estimate of drug-likeness (QED) is 0.743. The Kier molecular flexibility index (Phi) is 3.92. The van der Waals surface area contributed by atoms with E-state index >= 15 is 0 Å². The van der Waals surface area contributed by atoms with E-state index < -0.39 is 6.04 Å². The highest BCUT2D eigenvalue weighted by Crippen LogP contribution is 2.18. The second-order valence-electron chi connectivity index (χ2n) is 4.15. The van der Waals surface area contributed by atoms with Gasteiger partial charge in [-0.15, -0.1) is 0 Å². The molecule has 0 saturated heterocycles. The number of hydrogen-bond donors (Lipinski definition) is 3. The van der Waals surface area contributed by atoms with Crippen LogP contribution in [0.25, 0.3) is 10.8 Å². The molecule has 2 rings (SSSR count). The van der Waals surface area contributed by atoms with Crippen molar-refractivity contribution in [3.05, 3.63) is 48.0 Å². The summed E-state index contributed by atoms with van der Waals surface area (Å²) < 4.78 is 0. The van der Waals surface area contributed by atoms with Crippen LogP contribution in [0.1, 0.15) is 5.56 Å². The lowest BCUT2D eigenvalue weighted by Crippen LogP contribution is -2.42. The number of nitrogens with two attached hydrogens (primary N) is 1. The van der Waals surface area contributed by atoms with Crippen molar-refractivity contribution < 1.29 is 9.90 Å². The summed E-state index contributed by atoms with van der Waals surface area (Å²) in [7, 11) is 0. The molecule has 4 heteroatoms. The predicted octanol–water partition coefficient (Wildman–Crippen LogP) is 0.776. The smallest absolute Gasteiger partial charge is 0.239 e. The van der Waals surface area contributed by atoms with Gasteiger partial charge in [0.2, 0.25) is 5.91 Å². The molecule has 0 fully saturated rings. The first-order chi connectivity index (χ1) is 8.72. The maximum absolute atomic E-state index is 11.5. The molecule has 18 heavy (non-hydrogen) atoms. The number of fused-ring (bicyclic) bond motifs is 1. The van der Waals surface area contributed by atoms with E-state index in [1.54, 1.807) is 0 Å². The highest BCUT2D eigenvalue weighted by Gasteiger charge is 2.11. The van der Waals surface area contributed by atoms with Crippen molar-refractivity contribution in [3.63, 3.8) is 0 Å². The van der Waals surface area contributed by atoms with Crippen LogP contribution < -0.4 is 11.1 Å². The Bertz CT molecular complexity index is 549. The monoisotopic (exact) mass is 244 g/mol. The number of nitrogens with one attached hydrogen (secondary N) is 1. The van der Waals surface area contributed by atoms with Crippen molar-refractivity contribution in [2.45, 2.75) is 12.6 Å². The zero-order valence-electron chi connectivity index (χ0n) is 9.97. The summed E-state index contributed by atoms with van der Waals surface area (Å²) in [5, 5.41) is 13.8. The van der Waals surface area contributed by atoms with Crippen molar-refractivity contribution in [2.75, 3.05) is 6.61 Å². The first kappa shape index (κ1) is 12.5. The Labute approximate surface area is 105 Å². The lowest BCUT2D eigenvalue weighted by Gasteiger charge is -2.11. The topological polar surface area (TPSA) is 75.3 Å². The molecule has 0 aliphatic heterocycles. The molecular weight excluding hydrogens is 228 g/mol. The molecule has 0 heterocycles. The van der Waals surface area contributed by atoms with Crippen LogP contribution in [-0.2, 0) is 11.3 Å². The Morgan fingerprint density at radius 1 is 1.22 bits per heavy atom. The number of aliphatic hydroxyl groups is 1. The maximum Gasteiger partial charge on any atom is 0.239 e. The predicted molar refractivity (Wildman–Crippen MR) is 70.9 cm³/mol. The third kappa shape index (κ3) is 2.67. The summed E-state index contributed by atoms with van der Waals surface area (Å²) >= 11 is 0. The van der Waals surface area contributed by atoms with Crippen molar-refractivity contribution in [3.8, 4) is 0 Å². The molecule has 0 aliphatic carbocycles. The van der Waals surface area contributed by atoms with Crippen LogP contribution in [0.3, 0.4) is 0 Å². The van der Waals surface area contributed by atoms with Crippen molar-refractivity contribution >= 4 is 16.7 Å². The second kappa shape index (κ2) is 5.62. The summed E-state index contributed by atoms with van der Waals surface area (Å²) in [5.74, 6) is -0.342. The van der Waals surface area contributed by atoms with Gasteiger partial charge in [-0.25, -0.2) is 0 Å². The fourth-order valence-corrected chi connectivity index (χ4v) is 1.84. The number of aliphatic hydroxyl groups excluding tert-OH is 1. The minimum atomic E-state index is -0.861. The van der Waals surface area contributed by atoms with Gasteiger partial charge in [0.1, 0.15) is 6.04 Å². The highest BCUT2D eigenvalue weighted by atomic mass is 16.3. The van der Waals surface area contributed by atoms with E-state index in [4.69, 9.17) is 10.8 Å². The van der Waals surface area contributed by atoms with E-state index in [-0.39, 0.29) is 12.5 Å². The van der Waals surface area contributed by atoms with E-state index in [2.05, 4.69) is 5.32 Å². The van der Waals surface area contributed by atoms with Crippen LogP contribution in [0, 0.1) is 0 Å². The van der Waals surface area contributed by atoms with Crippen molar-refractivity contribution in [1.82, 2.24) is 5.32 Å². The summed E-state index contributed by atoms with van der Waals surface area (Å²) in [6.07, 6.45) is 0. The lowest BCUT2D eigenvalue weighted by atomic mass is 10.0. The number of amides is 1. The van der Waals surface area contributed by atoms with Gasteiger partial charge < -0.3 is 16.2 Å². The molecule has 0 spiro atoms. The largest absolute Gasteiger partial charge is 0.394 e. The van der Waals surface area contributed by atoms with Gasteiger partial charge in [0.25, 0.3) is 0 Å². The van der Waals surface area contributed by atoms with E-state index in [0.717, 1.165) is 16.3 Å². The van der Waals surface area contributed by atoms with Crippen molar-refractivity contribution in [2.24, 2.45) is 5.73 Å². The minimum Gasteiger partial charge on any atom is -0.394 e. The van der Waals surface area contributed by atoms with Gasteiger partial charge >= 0.3 is 0 Å².